The molecule has 0 aliphatic carbocycles. The first-order valence-electron chi connectivity index (χ1n) is 5.51. The van der Waals surface area contributed by atoms with Gasteiger partial charge in [0.15, 0.2) is 12.4 Å². The van der Waals surface area contributed by atoms with Gasteiger partial charge in [0.2, 0.25) is 0 Å². The number of nitrogens with zero attached hydrogens (tertiary/aromatic N) is 1. The molecule has 18 heavy (non-hydrogen) atoms. The van der Waals surface area contributed by atoms with Crippen LogP contribution in [0.1, 0.15) is 15.9 Å². The Labute approximate surface area is 105 Å². The number of Topliss-reactive ketones (excluding diaryl/α,β-unsaturated/α-hetero) is 1. The minimum absolute atomic E-state index is 0.00405. The summed E-state index contributed by atoms with van der Waals surface area (Å²) in [6.07, 6.45) is 0. The van der Waals surface area contributed by atoms with E-state index >= 15 is 0 Å². The molecule has 0 atom stereocenters. The number of ketones is 1. The molecule has 0 heterocycles. The van der Waals surface area contributed by atoms with Crippen LogP contribution in [0, 0.1) is 11.3 Å². The molecule has 0 fully saturated rings. The molecule has 0 aliphatic rings. The second-order valence-electron chi connectivity index (χ2n) is 3.71. The summed E-state index contributed by atoms with van der Waals surface area (Å²) in [7, 11) is 0. The van der Waals surface area contributed by atoms with Crippen LogP contribution in [0.2, 0.25) is 0 Å². The van der Waals surface area contributed by atoms with Crippen LogP contribution in [-0.2, 0) is 0 Å². The number of hydrogen-bond donors (Lipinski definition) is 0. The van der Waals surface area contributed by atoms with Gasteiger partial charge in [-0.25, -0.2) is 0 Å². The normalized spacial score (nSPS) is 9.50. The SMILES string of the molecule is N#Cc1ccc(OCC(=O)c2ccccc2)cc1. The van der Waals surface area contributed by atoms with Crippen LogP contribution >= 0.6 is 0 Å². The van der Waals surface area contributed by atoms with Gasteiger partial charge in [0.25, 0.3) is 0 Å². The summed E-state index contributed by atoms with van der Waals surface area (Å²) < 4.78 is 5.36. The van der Waals surface area contributed by atoms with Crippen LogP contribution in [0.15, 0.2) is 54.6 Å². The molecule has 2 aromatic carbocycles. The molecule has 0 radical (unpaired) electrons. The zero-order valence-electron chi connectivity index (χ0n) is 9.67. The van der Waals surface area contributed by atoms with Gasteiger partial charge in [0, 0.05) is 5.56 Å². The summed E-state index contributed by atoms with van der Waals surface area (Å²) in [4.78, 5) is 11.8. The van der Waals surface area contributed by atoms with E-state index in [-0.39, 0.29) is 12.4 Å². The van der Waals surface area contributed by atoms with Gasteiger partial charge in [0.05, 0.1) is 11.6 Å². The zero-order chi connectivity index (χ0) is 12.8. The number of ether oxygens (including phenoxy) is 1. The van der Waals surface area contributed by atoms with Gasteiger partial charge < -0.3 is 4.74 Å². The molecule has 0 amide bonds. The summed E-state index contributed by atoms with van der Waals surface area (Å²) in [5.41, 5.74) is 1.20. The Morgan fingerprint density at radius 2 is 1.72 bits per heavy atom. The molecule has 0 aromatic heterocycles. The summed E-state index contributed by atoms with van der Waals surface area (Å²) >= 11 is 0. The number of nitriles is 1. The predicted molar refractivity (Wildman–Crippen MR) is 67.4 cm³/mol. The lowest BCUT2D eigenvalue weighted by molar-refractivity contribution is 0.0921. The van der Waals surface area contributed by atoms with Gasteiger partial charge in [-0.2, -0.15) is 5.26 Å². The maximum Gasteiger partial charge on any atom is 0.200 e. The van der Waals surface area contributed by atoms with E-state index in [1.54, 1.807) is 36.4 Å². The Morgan fingerprint density at radius 3 is 2.33 bits per heavy atom. The van der Waals surface area contributed by atoms with E-state index in [1.807, 2.05) is 24.3 Å². The van der Waals surface area contributed by atoms with E-state index in [4.69, 9.17) is 10.00 Å². The van der Waals surface area contributed by atoms with Crippen molar-refractivity contribution in [1.29, 1.82) is 5.26 Å². The highest BCUT2D eigenvalue weighted by molar-refractivity contribution is 5.97. The Kier molecular flexibility index (Phi) is 3.72. The van der Waals surface area contributed by atoms with E-state index in [0.29, 0.717) is 16.9 Å². The van der Waals surface area contributed by atoms with Crippen LogP contribution in [0.5, 0.6) is 5.75 Å². The van der Waals surface area contributed by atoms with Crippen LogP contribution in [0.4, 0.5) is 0 Å². The van der Waals surface area contributed by atoms with Crippen molar-refractivity contribution in [3.8, 4) is 11.8 Å². The third-order valence-electron chi connectivity index (χ3n) is 2.45. The number of carbonyl (C=O) groups excluding carboxylic acids is 1. The van der Waals surface area contributed by atoms with E-state index in [0.717, 1.165) is 0 Å². The first-order valence-corrected chi connectivity index (χ1v) is 5.51. The average molecular weight is 237 g/mol. The Hall–Kier alpha value is -2.60. The van der Waals surface area contributed by atoms with Crippen molar-refractivity contribution in [2.75, 3.05) is 6.61 Å². The topological polar surface area (TPSA) is 50.1 Å². The van der Waals surface area contributed by atoms with Gasteiger partial charge in [0.1, 0.15) is 5.75 Å². The maximum absolute atomic E-state index is 11.8. The smallest absolute Gasteiger partial charge is 0.200 e. The molecule has 2 rings (SSSR count). The fourth-order valence-corrected chi connectivity index (χ4v) is 1.48. The van der Waals surface area contributed by atoms with Crippen molar-refractivity contribution in [3.05, 3.63) is 65.7 Å². The third kappa shape index (κ3) is 2.96. The molecule has 0 saturated heterocycles. The molecule has 0 N–H and O–H groups in total. The molecule has 88 valence electrons. The standard InChI is InChI=1S/C15H11NO2/c16-10-12-6-8-14(9-7-12)18-11-15(17)13-4-2-1-3-5-13/h1-9H,11H2. The van der Waals surface area contributed by atoms with E-state index in [2.05, 4.69) is 0 Å². The molecule has 0 unspecified atom stereocenters. The Balaban J connectivity index is 1.95. The van der Waals surface area contributed by atoms with Crippen molar-refractivity contribution < 1.29 is 9.53 Å². The highest BCUT2D eigenvalue weighted by atomic mass is 16.5. The minimum atomic E-state index is -0.0695. The summed E-state index contributed by atoms with van der Waals surface area (Å²) in [5, 5.41) is 8.65. The van der Waals surface area contributed by atoms with Crippen LogP contribution in [0.3, 0.4) is 0 Å². The lowest BCUT2D eigenvalue weighted by Gasteiger charge is -2.05. The van der Waals surface area contributed by atoms with E-state index in [1.165, 1.54) is 0 Å². The zero-order valence-corrected chi connectivity index (χ0v) is 9.67. The van der Waals surface area contributed by atoms with Crippen LogP contribution < -0.4 is 4.74 Å². The second-order valence-corrected chi connectivity index (χ2v) is 3.71. The molecule has 0 aliphatic heterocycles. The molecular formula is C15H11NO2. The highest BCUT2D eigenvalue weighted by Gasteiger charge is 2.05. The van der Waals surface area contributed by atoms with Crippen LogP contribution in [-0.4, -0.2) is 12.4 Å². The van der Waals surface area contributed by atoms with Crippen molar-refractivity contribution in [3.63, 3.8) is 0 Å². The molecule has 3 heteroatoms. The monoisotopic (exact) mass is 237 g/mol. The quantitative estimate of drug-likeness (QED) is 0.768. The molecule has 2 aromatic rings. The Bertz CT molecular complexity index is 568. The largest absolute Gasteiger partial charge is 0.485 e. The van der Waals surface area contributed by atoms with Crippen molar-refractivity contribution >= 4 is 5.78 Å². The first-order chi connectivity index (χ1) is 8.79. The summed E-state index contributed by atoms with van der Waals surface area (Å²) in [5.74, 6) is 0.512. The lowest BCUT2D eigenvalue weighted by atomic mass is 10.1. The molecule has 0 bridgehead atoms. The average Bonchev–Trinajstić information content (AvgIpc) is 2.46. The predicted octanol–water partition coefficient (Wildman–Crippen LogP) is 2.82. The number of hydrogen-bond acceptors (Lipinski definition) is 3. The van der Waals surface area contributed by atoms with Gasteiger partial charge in [-0.3, -0.25) is 4.79 Å². The highest BCUT2D eigenvalue weighted by Crippen LogP contribution is 2.12. The van der Waals surface area contributed by atoms with Gasteiger partial charge in [-0.05, 0) is 24.3 Å². The van der Waals surface area contributed by atoms with E-state index < -0.39 is 0 Å². The Morgan fingerprint density at radius 1 is 1.06 bits per heavy atom. The first kappa shape index (κ1) is 11.9. The lowest BCUT2D eigenvalue weighted by Crippen LogP contribution is -2.11. The number of carbonyl (C=O) groups is 1. The van der Waals surface area contributed by atoms with Crippen LogP contribution in [0.25, 0.3) is 0 Å². The minimum Gasteiger partial charge on any atom is -0.485 e. The van der Waals surface area contributed by atoms with Crippen molar-refractivity contribution in [1.82, 2.24) is 0 Å². The molecule has 3 nitrogen and oxygen atoms in total. The fraction of sp³-hybridized carbons (Fsp3) is 0.0667. The molecule has 0 spiro atoms. The molecule has 0 saturated carbocycles. The molecular weight excluding hydrogens is 226 g/mol. The van der Waals surface area contributed by atoms with Crippen molar-refractivity contribution in [2.24, 2.45) is 0 Å². The maximum atomic E-state index is 11.8. The number of rotatable bonds is 4. The second kappa shape index (κ2) is 5.65. The van der Waals surface area contributed by atoms with Gasteiger partial charge >= 0.3 is 0 Å². The van der Waals surface area contributed by atoms with Gasteiger partial charge in [-0.1, -0.05) is 30.3 Å². The fourth-order valence-electron chi connectivity index (χ4n) is 1.48. The van der Waals surface area contributed by atoms with Crippen molar-refractivity contribution in [2.45, 2.75) is 0 Å². The van der Waals surface area contributed by atoms with Gasteiger partial charge in [-0.15, -0.1) is 0 Å². The summed E-state index contributed by atoms with van der Waals surface area (Å²) in [6.45, 7) is -0.00405. The van der Waals surface area contributed by atoms with E-state index in [9.17, 15) is 4.79 Å². The number of benzene rings is 2. The summed E-state index contributed by atoms with van der Waals surface area (Å²) in [6, 6.07) is 17.7. The third-order valence-corrected chi connectivity index (χ3v) is 2.45.